The van der Waals surface area contributed by atoms with Crippen LogP contribution in [0.25, 0.3) is 22.2 Å². The second-order valence-corrected chi connectivity index (χ2v) is 10.1. The molecular formula is C27H29N3O5. The second kappa shape index (κ2) is 7.88. The summed E-state index contributed by atoms with van der Waals surface area (Å²) in [5, 5.41) is 21.1. The summed E-state index contributed by atoms with van der Waals surface area (Å²) in [6, 6.07) is 12.4. The molecule has 0 radical (unpaired) electrons. The first kappa shape index (κ1) is 23.0. The van der Waals surface area contributed by atoms with Crippen LogP contribution in [0.1, 0.15) is 43.7 Å². The summed E-state index contributed by atoms with van der Waals surface area (Å²) in [4.78, 5) is 26.5. The van der Waals surface area contributed by atoms with E-state index in [-0.39, 0.29) is 16.9 Å². The predicted molar refractivity (Wildman–Crippen MR) is 134 cm³/mol. The van der Waals surface area contributed by atoms with Crippen molar-refractivity contribution in [2.75, 3.05) is 6.61 Å². The van der Waals surface area contributed by atoms with Crippen molar-refractivity contribution in [3.63, 3.8) is 0 Å². The molecule has 35 heavy (non-hydrogen) atoms. The van der Waals surface area contributed by atoms with Gasteiger partial charge in [0.05, 0.1) is 28.9 Å². The highest BCUT2D eigenvalue weighted by molar-refractivity contribution is 5.96. The minimum Gasteiger partial charge on any atom is -0.508 e. The number of hydrogen-bond acceptors (Lipinski definition) is 5. The summed E-state index contributed by atoms with van der Waals surface area (Å²) >= 11 is 0. The van der Waals surface area contributed by atoms with Crippen molar-refractivity contribution in [1.29, 1.82) is 0 Å². The molecule has 2 aromatic carbocycles. The highest BCUT2D eigenvalue weighted by Gasteiger charge is 2.34. The summed E-state index contributed by atoms with van der Waals surface area (Å²) < 4.78 is 10.7. The quantitative estimate of drug-likeness (QED) is 0.432. The van der Waals surface area contributed by atoms with Crippen molar-refractivity contribution in [3.05, 3.63) is 80.1 Å². The predicted octanol–water partition coefficient (Wildman–Crippen LogP) is 3.53. The molecule has 1 aliphatic rings. The Morgan fingerprint density at radius 3 is 2.31 bits per heavy atom. The smallest absolute Gasteiger partial charge is 0.331 e. The molecule has 8 heteroatoms. The van der Waals surface area contributed by atoms with Crippen LogP contribution in [0, 0.1) is 0 Å². The molecule has 8 nitrogen and oxygen atoms in total. The van der Waals surface area contributed by atoms with E-state index >= 15 is 0 Å². The molecule has 182 valence electrons. The number of aromatic hydroxyl groups is 2. The number of benzene rings is 2. The van der Waals surface area contributed by atoms with Gasteiger partial charge in [-0.15, -0.1) is 0 Å². The summed E-state index contributed by atoms with van der Waals surface area (Å²) in [6.07, 6.45) is -0.779. The number of hydrogen-bond donors (Lipinski definition) is 2. The molecule has 2 N–H and O–H groups in total. The number of rotatable bonds is 2. The van der Waals surface area contributed by atoms with Crippen LogP contribution in [0.2, 0.25) is 0 Å². The first-order valence-electron chi connectivity index (χ1n) is 11.6. The van der Waals surface area contributed by atoms with Crippen molar-refractivity contribution < 1.29 is 14.9 Å². The zero-order chi connectivity index (χ0) is 25.2. The van der Waals surface area contributed by atoms with Crippen molar-refractivity contribution >= 4 is 10.9 Å². The lowest BCUT2D eigenvalue weighted by molar-refractivity contribution is 0.0463. The molecule has 0 saturated heterocycles. The lowest BCUT2D eigenvalue weighted by Crippen LogP contribution is -2.37. The van der Waals surface area contributed by atoms with Crippen LogP contribution in [0.3, 0.4) is 0 Å². The van der Waals surface area contributed by atoms with E-state index in [0.29, 0.717) is 41.0 Å². The van der Waals surface area contributed by atoms with Crippen molar-refractivity contribution in [1.82, 2.24) is 13.7 Å². The Hall–Kier alpha value is -3.78. The van der Waals surface area contributed by atoms with Crippen molar-refractivity contribution in [2.24, 2.45) is 14.1 Å². The van der Waals surface area contributed by atoms with E-state index in [4.69, 9.17) is 4.74 Å². The number of phenols is 2. The minimum absolute atomic E-state index is 0.0165. The summed E-state index contributed by atoms with van der Waals surface area (Å²) in [5.41, 5.74) is 3.29. The van der Waals surface area contributed by atoms with Gasteiger partial charge in [-0.1, -0.05) is 45.0 Å². The van der Waals surface area contributed by atoms with E-state index in [1.807, 2.05) is 16.7 Å². The minimum atomic E-state index is -0.779. The van der Waals surface area contributed by atoms with Gasteiger partial charge in [0, 0.05) is 26.2 Å². The number of aryl methyl sites for hydroxylation is 1. The first-order valence-corrected chi connectivity index (χ1v) is 11.6. The SMILES string of the molecule is Cn1c(=O)c2c(-c3ccc(C(C)(C)C)cc3)n3c(c2n(C)c1=O)[C@H](c1cc(O)ccc1O)OCC3. The van der Waals surface area contributed by atoms with Crippen molar-refractivity contribution in [3.8, 4) is 22.8 Å². The Kier molecular flexibility index (Phi) is 5.18. The van der Waals surface area contributed by atoms with Gasteiger partial charge in [-0.05, 0) is 34.7 Å². The fraction of sp³-hybridized carbons (Fsp3) is 0.333. The Morgan fingerprint density at radius 2 is 1.66 bits per heavy atom. The first-order chi connectivity index (χ1) is 16.5. The Bertz CT molecular complexity index is 1580. The van der Waals surface area contributed by atoms with Gasteiger partial charge >= 0.3 is 5.69 Å². The molecule has 1 aliphatic heterocycles. The molecule has 0 aliphatic carbocycles. The van der Waals surface area contributed by atoms with Gasteiger partial charge < -0.3 is 19.5 Å². The van der Waals surface area contributed by atoms with Crippen LogP contribution < -0.4 is 11.2 Å². The maximum Gasteiger partial charge on any atom is 0.331 e. The van der Waals surface area contributed by atoms with Gasteiger partial charge in [0.15, 0.2) is 0 Å². The summed E-state index contributed by atoms with van der Waals surface area (Å²) in [5.74, 6) is -0.0577. The Balaban J connectivity index is 1.89. The van der Waals surface area contributed by atoms with E-state index in [1.165, 1.54) is 35.4 Å². The van der Waals surface area contributed by atoms with Crippen LogP contribution >= 0.6 is 0 Å². The maximum atomic E-state index is 13.5. The van der Waals surface area contributed by atoms with Gasteiger partial charge in [0.25, 0.3) is 5.56 Å². The topological polar surface area (TPSA) is 98.6 Å². The highest BCUT2D eigenvalue weighted by atomic mass is 16.5. The average molecular weight is 476 g/mol. The highest BCUT2D eigenvalue weighted by Crippen LogP contribution is 2.43. The standard InChI is InChI=1S/C27H29N3O5/c1-27(2,3)16-8-6-15(7-9-16)21-20-22(28(4)26(34)29(5)25(20)33)23-24(35-13-12-30(21)23)18-14-17(31)10-11-19(18)32/h6-11,14,24,31-32H,12-13H2,1-5H3/t24-/m0/s1. The normalized spacial score (nSPS) is 16.0. The maximum absolute atomic E-state index is 13.5. The number of fused-ring (bicyclic) bond motifs is 3. The summed E-state index contributed by atoms with van der Waals surface area (Å²) in [7, 11) is 3.10. The molecule has 1 atom stereocenters. The molecule has 4 aromatic rings. The second-order valence-electron chi connectivity index (χ2n) is 10.1. The molecule has 3 heterocycles. The third-order valence-electron chi connectivity index (χ3n) is 6.87. The molecule has 2 aromatic heterocycles. The number of aromatic nitrogens is 3. The molecule has 0 unspecified atom stereocenters. The van der Waals surface area contributed by atoms with Gasteiger partial charge in [0.2, 0.25) is 0 Å². The lowest BCUT2D eigenvalue weighted by atomic mass is 9.86. The molecular weight excluding hydrogens is 446 g/mol. The van der Waals surface area contributed by atoms with Crippen LogP contribution in [-0.4, -0.2) is 30.5 Å². The third kappa shape index (κ3) is 3.47. The third-order valence-corrected chi connectivity index (χ3v) is 6.87. The van der Waals surface area contributed by atoms with Gasteiger partial charge in [0.1, 0.15) is 17.6 Å². The van der Waals surface area contributed by atoms with E-state index in [1.54, 1.807) is 7.05 Å². The Morgan fingerprint density at radius 1 is 0.971 bits per heavy atom. The zero-order valence-corrected chi connectivity index (χ0v) is 20.5. The molecule has 0 saturated carbocycles. The fourth-order valence-corrected chi connectivity index (χ4v) is 5.00. The van der Waals surface area contributed by atoms with Gasteiger partial charge in [-0.25, -0.2) is 4.79 Å². The number of nitrogens with zero attached hydrogens (tertiary/aromatic N) is 3. The fourth-order valence-electron chi connectivity index (χ4n) is 5.00. The molecule has 0 fully saturated rings. The van der Waals surface area contributed by atoms with Crippen LogP contribution in [0.15, 0.2) is 52.1 Å². The summed E-state index contributed by atoms with van der Waals surface area (Å²) in [6.45, 7) is 7.23. The van der Waals surface area contributed by atoms with Crippen molar-refractivity contribution in [2.45, 2.75) is 38.8 Å². The van der Waals surface area contributed by atoms with E-state index < -0.39 is 17.4 Å². The monoisotopic (exact) mass is 475 g/mol. The largest absolute Gasteiger partial charge is 0.508 e. The molecule has 0 bridgehead atoms. The molecule has 0 spiro atoms. The lowest BCUT2D eigenvalue weighted by Gasteiger charge is -2.28. The number of ether oxygens (including phenoxy) is 1. The van der Waals surface area contributed by atoms with Crippen LogP contribution in [0.4, 0.5) is 0 Å². The Labute approximate surface area is 202 Å². The van der Waals surface area contributed by atoms with Crippen LogP contribution in [0.5, 0.6) is 11.5 Å². The zero-order valence-electron chi connectivity index (χ0n) is 20.5. The van der Waals surface area contributed by atoms with E-state index in [2.05, 4.69) is 32.9 Å². The molecule has 5 rings (SSSR count). The van der Waals surface area contributed by atoms with Gasteiger partial charge in [-0.2, -0.15) is 0 Å². The van der Waals surface area contributed by atoms with E-state index in [9.17, 15) is 19.8 Å². The number of phenolic OH excluding ortho intramolecular Hbond substituents is 2. The average Bonchev–Trinajstić information content (AvgIpc) is 3.18. The molecule has 0 amide bonds. The van der Waals surface area contributed by atoms with Gasteiger partial charge in [-0.3, -0.25) is 13.9 Å². The van der Waals surface area contributed by atoms with Crippen LogP contribution in [-0.2, 0) is 30.8 Å². The van der Waals surface area contributed by atoms with E-state index in [0.717, 1.165) is 10.1 Å².